The zero-order valence-electron chi connectivity index (χ0n) is 9.56. The lowest BCUT2D eigenvalue weighted by molar-refractivity contribution is -0.116. The summed E-state index contributed by atoms with van der Waals surface area (Å²) in [6, 6.07) is 4.71. The number of hydrogen-bond donors (Lipinski definition) is 1. The predicted molar refractivity (Wildman–Crippen MR) is 75.2 cm³/mol. The number of benzene rings is 1. The van der Waals surface area contributed by atoms with Crippen molar-refractivity contribution in [3.63, 3.8) is 0 Å². The van der Waals surface area contributed by atoms with E-state index in [0.29, 0.717) is 4.47 Å². The highest BCUT2D eigenvalue weighted by molar-refractivity contribution is 9.10. The second kappa shape index (κ2) is 5.90. The molecule has 0 aliphatic heterocycles. The van der Waals surface area contributed by atoms with Crippen molar-refractivity contribution in [3.05, 3.63) is 27.7 Å². The van der Waals surface area contributed by atoms with Crippen LogP contribution in [0.1, 0.15) is 6.92 Å². The maximum atomic E-state index is 11.9. The number of hydrogen-bond acceptors (Lipinski definition) is 3. The maximum Gasteiger partial charge on any atom is 0.238 e. The number of sulfonamides is 1. The number of carbonyl (C=O) groups excluding carboxylic acids is 1. The summed E-state index contributed by atoms with van der Waals surface area (Å²) in [5.41, 5.74) is 5.30. The molecule has 1 aromatic rings. The summed E-state index contributed by atoms with van der Waals surface area (Å²) in [4.78, 5) is 11.0. The van der Waals surface area contributed by atoms with Gasteiger partial charge in [0.1, 0.15) is 6.54 Å². The summed E-state index contributed by atoms with van der Waals surface area (Å²) in [7, 11) is -3.61. The Hall–Kier alpha value is -0.790. The van der Waals surface area contributed by atoms with Crippen LogP contribution in [0, 0.1) is 0 Å². The van der Waals surface area contributed by atoms with Gasteiger partial charge >= 0.3 is 0 Å². The van der Waals surface area contributed by atoms with Gasteiger partial charge < -0.3 is 5.73 Å². The maximum absolute atomic E-state index is 11.9. The molecule has 5 nitrogen and oxygen atoms in total. The van der Waals surface area contributed by atoms with Crippen molar-refractivity contribution in [1.82, 2.24) is 0 Å². The summed E-state index contributed by atoms with van der Waals surface area (Å²) in [5.74, 6) is -0.891. The normalized spacial score (nSPS) is 11.3. The molecule has 0 heterocycles. The van der Waals surface area contributed by atoms with Crippen molar-refractivity contribution in [1.29, 1.82) is 0 Å². The van der Waals surface area contributed by atoms with E-state index in [1.54, 1.807) is 12.1 Å². The lowest BCUT2D eigenvalue weighted by Gasteiger charge is -2.23. The Morgan fingerprint density at radius 2 is 2.11 bits per heavy atom. The van der Waals surface area contributed by atoms with E-state index in [-0.39, 0.29) is 16.5 Å². The molecule has 0 fully saturated rings. The largest absolute Gasteiger partial charge is 0.368 e. The highest BCUT2D eigenvalue weighted by Gasteiger charge is 2.24. The van der Waals surface area contributed by atoms with Gasteiger partial charge in [-0.25, -0.2) is 8.42 Å². The molecule has 0 aromatic heterocycles. The first-order valence-corrected chi connectivity index (χ1v) is 7.79. The van der Waals surface area contributed by atoms with Crippen LogP contribution in [0.2, 0.25) is 5.02 Å². The van der Waals surface area contributed by atoms with Crippen molar-refractivity contribution in [2.45, 2.75) is 6.92 Å². The van der Waals surface area contributed by atoms with Gasteiger partial charge in [0, 0.05) is 4.47 Å². The Morgan fingerprint density at radius 1 is 1.50 bits per heavy atom. The van der Waals surface area contributed by atoms with Crippen LogP contribution in [-0.4, -0.2) is 26.6 Å². The molecule has 8 heteroatoms. The number of nitrogens with zero attached hydrogens (tertiary/aromatic N) is 1. The molecule has 0 radical (unpaired) electrons. The average Bonchev–Trinajstić information content (AvgIpc) is 2.26. The van der Waals surface area contributed by atoms with Gasteiger partial charge in [-0.1, -0.05) is 27.5 Å². The van der Waals surface area contributed by atoms with Crippen molar-refractivity contribution >= 4 is 49.1 Å². The van der Waals surface area contributed by atoms with Gasteiger partial charge in [0.05, 0.1) is 16.5 Å². The average molecular weight is 356 g/mol. The second-order valence-corrected chi connectivity index (χ2v) is 6.97. The van der Waals surface area contributed by atoms with Crippen LogP contribution >= 0.6 is 27.5 Å². The van der Waals surface area contributed by atoms with Crippen LogP contribution in [0.15, 0.2) is 22.7 Å². The highest BCUT2D eigenvalue weighted by Crippen LogP contribution is 2.30. The number of anilines is 1. The Bertz CT molecular complexity index is 562. The fraction of sp³-hybridized carbons (Fsp3) is 0.300. The number of rotatable bonds is 5. The van der Waals surface area contributed by atoms with Crippen molar-refractivity contribution in [2.75, 3.05) is 16.6 Å². The van der Waals surface area contributed by atoms with Crippen molar-refractivity contribution in [2.24, 2.45) is 5.73 Å². The van der Waals surface area contributed by atoms with E-state index >= 15 is 0 Å². The standard InChI is InChI=1S/C10H12BrClN2O3S/c1-2-18(16,17)14(6-10(13)15)9-4-3-7(11)5-8(9)12/h3-5H,2,6H2,1H3,(H2,13,15). The highest BCUT2D eigenvalue weighted by atomic mass is 79.9. The molecule has 0 bridgehead atoms. The molecule has 1 aromatic carbocycles. The Balaban J connectivity index is 3.30. The molecule has 0 saturated heterocycles. The number of halogens is 2. The zero-order valence-corrected chi connectivity index (χ0v) is 12.7. The molecule has 1 amide bonds. The van der Waals surface area contributed by atoms with Gasteiger partial charge in [0.15, 0.2) is 0 Å². The van der Waals surface area contributed by atoms with Crippen LogP contribution in [-0.2, 0) is 14.8 Å². The minimum Gasteiger partial charge on any atom is -0.368 e. The van der Waals surface area contributed by atoms with E-state index in [4.69, 9.17) is 17.3 Å². The number of carbonyl (C=O) groups is 1. The van der Waals surface area contributed by atoms with Gasteiger partial charge in [0.2, 0.25) is 15.9 Å². The van der Waals surface area contributed by atoms with E-state index in [2.05, 4.69) is 15.9 Å². The third-order valence-electron chi connectivity index (χ3n) is 2.18. The van der Waals surface area contributed by atoms with Crippen LogP contribution in [0.3, 0.4) is 0 Å². The van der Waals surface area contributed by atoms with E-state index in [9.17, 15) is 13.2 Å². The molecule has 2 N–H and O–H groups in total. The SMILES string of the molecule is CCS(=O)(=O)N(CC(N)=O)c1ccc(Br)cc1Cl. The van der Waals surface area contributed by atoms with Gasteiger partial charge in [-0.2, -0.15) is 0 Å². The first kappa shape index (κ1) is 15.3. The topological polar surface area (TPSA) is 80.5 Å². The van der Waals surface area contributed by atoms with Crippen molar-refractivity contribution < 1.29 is 13.2 Å². The molecule has 0 aliphatic rings. The summed E-state index contributed by atoms with van der Waals surface area (Å²) < 4.78 is 25.5. The zero-order chi connectivity index (χ0) is 13.9. The van der Waals surface area contributed by atoms with Crippen molar-refractivity contribution in [3.8, 4) is 0 Å². The van der Waals surface area contributed by atoms with Gasteiger partial charge in [0.25, 0.3) is 0 Å². The first-order valence-electron chi connectivity index (χ1n) is 5.01. The third kappa shape index (κ3) is 3.60. The molecular formula is C10H12BrClN2O3S. The molecule has 18 heavy (non-hydrogen) atoms. The quantitative estimate of drug-likeness (QED) is 0.873. The van der Waals surface area contributed by atoms with Crippen LogP contribution in [0.4, 0.5) is 5.69 Å². The minimum atomic E-state index is -3.61. The monoisotopic (exact) mass is 354 g/mol. The summed E-state index contributed by atoms with van der Waals surface area (Å²) >= 11 is 9.20. The fourth-order valence-corrected chi connectivity index (χ4v) is 3.23. The molecule has 0 saturated carbocycles. The summed E-state index contributed by atoms with van der Waals surface area (Å²) in [6.07, 6.45) is 0. The Labute approximate surface area is 119 Å². The van der Waals surface area contributed by atoms with Gasteiger partial charge in [-0.05, 0) is 25.1 Å². The second-order valence-electron chi connectivity index (χ2n) is 3.47. The number of nitrogens with two attached hydrogens (primary N) is 1. The van der Waals surface area contributed by atoms with E-state index in [1.165, 1.54) is 13.0 Å². The predicted octanol–water partition coefficient (Wildman–Crippen LogP) is 1.74. The van der Waals surface area contributed by atoms with Crippen LogP contribution in [0.25, 0.3) is 0 Å². The van der Waals surface area contributed by atoms with E-state index < -0.39 is 22.5 Å². The lowest BCUT2D eigenvalue weighted by Crippen LogP contribution is -2.39. The first-order chi connectivity index (χ1) is 8.27. The number of amides is 1. The molecule has 0 unspecified atom stereocenters. The molecule has 0 atom stereocenters. The molecule has 1 rings (SSSR count). The van der Waals surface area contributed by atoms with E-state index in [0.717, 1.165) is 4.31 Å². The molecular weight excluding hydrogens is 344 g/mol. The van der Waals surface area contributed by atoms with Gasteiger partial charge in [-0.15, -0.1) is 0 Å². The van der Waals surface area contributed by atoms with E-state index in [1.807, 2.05) is 0 Å². The molecule has 0 spiro atoms. The molecule has 100 valence electrons. The summed E-state index contributed by atoms with van der Waals surface area (Å²) in [5, 5.41) is 0.225. The smallest absolute Gasteiger partial charge is 0.238 e. The number of primary amides is 1. The summed E-state index contributed by atoms with van der Waals surface area (Å²) in [6.45, 7) is 1.05. The Kier molecular flexibility index (Phi) is 5.01. The lowest BCUT2D eigenvalue weighted by atomic mass is 10.3. The molecule has 0 aliphatic carbocycles. The minimum absolute atomic E-state index is 0.146. The fourth-order valence-electron chi connectivity index (χ4n) is 1.31. The third-order valence-corrected chi connectivity index (χ3v) is 4.70. The van der Waals surface area contributed by atoms with Crippen LogP contribution < -0.4 is 10.0 Å². The Morgan fingerprint density at radius 3 is 2.56 bits per heavy atom. The van der Waals surface area contributed by atoms with Crippen LogP contribution in [0.5, 0.6) is 0 Å². The van der Waals surface area contributed by atoms with Gasteiger partial charge in [-0.3, -0.25) is 9.10 Å².